The van der Waals surface area contributed by atoms with Gasteiger partial charge in [0.05, 0.1) is 22.7 Å². The van der Waals surface area contributed by atoms with Crippen LogP contribution in [0.25, 0.3) is 0 Å². The van der Waals surface area contributed by atoms with Crippen molar-refractivity contribution in [3.8, 4) is 0 Å². The van der Waals surface area contributed by atoms with Gasteiger partial charge in [-0.25, -0.2) is 9.18 Å². The van der Waals surface area contributed by atoms with Crippen LogP contribution in [-0.4, -0.2) is 35.3 Å². The molecule has 27 heavy (non-hydrogen) atoms. The average Bonchev–Trinajstić information content (AvgIpc) is 3.16. The molecule has 2 aromatic carbocycles. The Kier molecular flexibility index (Phi) is 3.95. The van der Waals surface area contributed by atoms with Gasteiger partial charge < -0.3 is 9.74 Å². The minimum atomic E-state index is -0.915. The lowest BCUT2D eigenvalue weighted by atomic mass is 10.1. The zero-order valence-corrected chi connectivity index (χ0v) is 13.9. The summed E-state index contributed by atoms with van der Waals surface area (Å²) in [5, 5.41) is 0.406. The fourth-order valence-corrected chi connectivity index (χ4v) is 3.18. The molecule has 8 heteroatoms. The lowest BCUT2D eigenvalue weighted by molar-refractivity contribution is -0.173. The summed E-state index contributed by atoms with van der Waals surface area (Å²) in [6, 6.07) is 11.8. The van der Waals surface area contributed by atoms with Gasteiger partial charge in [-0.2, -0.15) is 0 Å². The van der Waals surface area contributed by atoms with E-state index in [2.05, 4.69) is 0 Å². The highest BCUT2D eigenvalue weighted by molar-refractivity contribution is 6.21. The summed E-state index contributed by atoms with van der Waals surface area (Å²) < 4.78 is 13.9. The monoisotopic (exact) mass is 368 g/mol. The van der Waals surface area contributed by atoms with Crippen molar-refractivity contribution in [2.24, 2.45) is 5.92 Å². The Morgan fingerprint density at radius 1 is 0.963 bits per heavy atom. The molecule has 4 rings (SSSR count). The van der Waals surface area contributed by atoms with E-state index in [1.54, 1.807) is 18.2 Å². The second-order valence-electron chi connectivity index (χ2n) is 6.22. The van der Waals surface area contributed by atoms with E-state index in [1.807, 2.05) is 0 Å². The van der Waals surface area contributed by atoms with Crippen LogP contribution in [0.1, 0.15) is 27.1 Å². The smallest absolute Gasteiger partial charge is 0.329 e. The molecule has 2 aromatic rings. The Labute approximate surface area is 152 Å². The highest BCUT2D eigenvalue weighted by atomic mass is 19.1. The van der Waals surface area contributed by atoms with Gasteiger partial charge in [-0.3, -0.25) is 14.4 Å². The quantitative estimate of drug-likeness (QED) is 0.773. The van der Waals surface area contributed by atoms with E-state index in [1.165, 1.54) is 30.3 Å². The number of amides is 3. The number of carbonyl (C=O) groups is 4. The molecule has 1 saturated heterocycles. The number of hydrogen-bond donors (Lipinski definition) is 0. The largest absolute Gasteiger partial charge is 0.338 e. The van der Waals surface area contributed by atoms with Crippen LogP contribution in [0, 0.1) is 11.7 Å². The number of benzene rings is 2. The van der Waals surface area contributed by atoms with E-state index in [-0.39, 0.29) is 29.8 Å². The number of fused-ring (bicyclic) bond motifs is 1. The summed E-state index contributed by atoms with van der Waals surface area (Å²) in [4.78, 5) is 55.3. The van der Waals surface area contributed by atoms with Gasteiger partial charge in [0.15, 0.2) is 0 Å². The molecule has 136 valence electrons. The third-order valence-electron chi connectivity index (χ3n) is 4.54. The summed E-state index contributed by atoms with van der Waals surface area (Å²) in [7, 11) is 0. The maximum absolute atomic E-state index is 13.9. The molecule has 0 radical (unpaired) electrons. The number of imide groups is 1. The van der Waals surface area contributed by atoms with Crippen LogP contribution < -0.4 is 4.90 Å². The van der Waals surface area contributed by atoms with Crippen molar-refractivity contribution in [3.05, 3.63) is 65.5 Å². The number of para-hydroxylation sites is 1. The fraction of sp³-hybridized carbons (Fsp3) is 0.158. The fourth-order valence-electron chi connectivity index (χ4n) is 3.18. The Hall–Kier alpha value is -3.55. The van der Waals surface area contributed by atoms with Crippen molar-refractivity contribution in [2.45, 2.75) is 6.42 Å². The number of hydrogen-bond acceptors (Lipinski definition) is 5. The molecule has 1 unspecified atom stereocenters. The van der Waals surface area contributed by atoms with Crippen LogP contribution in [0.3, 0.4) is 0 Å². The van der Waals surface area contributed by atoms with Gasteiger partial charge in [0.2, 0.25) is 5.91 Å². The topological polar surface area (TPSA) is 84.0 Å². The van der Waals surface area contributed by atoms with Crippen LogP contribution in [0.5, 0.6) is 0 Å². The maximum Gasteiger partial charge on any atom is 0.338 e. The Bertz CT molecular complexity index is 955. The Morgan fingerprint density at radius 3 is 2.19 bits per heavy atom. The lowest BCUT2D eigenvalue weighted by Crippen LogP contribution is -2.36. The first kappa shape index (κ1) is 16.9. The third-order valence-corrected chi connectivity index (χ3v) is 4.54. The van der Waals surface area contributed by atoms with E-state index in [4.69, 9.17) is 4.84 Å². The summed E-state index contributed by atoms with van der Waals surface area (Å²) in [6.45, 7) is -0.0955. The van der Waals surface area contributed by atoms with E-state index < -0.39 is 35.4 Å². The molecule has 0 saturated carbocycles. The summed E-state index contributed by atoms with van der Waals surface area (Å²) in [5.41, 5.74) is 0.357. The van der Waals surface area contributed by atoms with Gasteiger partial charge in [-0.1, -0.05) is 29.3 Å². The molecule has 0 aromatic heterocycles. The Balaban J connectivity index is 1.49. The third kappa shape index (κ3) is 2.75. The highest BCUT2D eigenvalue weighted by Gasteiger charge is 2.42. The van der Waals surface area contributed by atoms with E-state index in [9.17, 15) is 23.6 Å². The van der Waals surface area contributed by atoms with Crippen molar-refractivity contribution in [2.75, 3.05) is 11.4 Å². The molecule has 2 heterocycles. The molecule has 1 atom stereocenters. The zero-order valence-electron chi connectivity index (χ0n) is 13.9. The standard InChI is InChI=1S/C19H13FN2O5/c20-14-7-3-4-8-15(14)21-10-11(9-16(21)23)19(26)27-22-17(24)12-5-1-2-6-13(12)18(22)25/h1-8,11H,9-10H2. The number of hydroxylamine groups is 2. The highest BCUT2D eigenvalue weighted by Crippen LogP contribution is 2.29. The second kappa shape index (κ2) is 6.31. The first-order valence-corrected chi connectivity index (χ1v) is 8.22. The van der Waals surface area contributed by atoms with Crippen molar-refractivity contribution in [1.82, 2.24) is 5.06 Å². The van der Waals surface area contributed by atoms with Gasteiger partial charge in [-0.05, 0) is 24.3 Å². The molecule has 2 aliphatic heterocycles. The molecule has 2 aliphatic rings. The molecule has 0 N–H and O–H groups in total. The summed E-state index contributed by atoms with van der Waals surface area (Å²) >= 11 is 0. The molecule has 7 nitrogen and oxygen atoms in total. The molecular weight excluding hydrogens is 355 g/mol. The van der Waals surface area contributed by atoms with Gasteiger partial charge in [0.1, 0.15) is 5.82 Å². The van der Waals surface area contributed by atoms with Crippen molar-refractivity contribution < 1.29 is 28.4 Å². The zero-order chi connectivity index (χ0) is 19.1. The SMILES string of the molecule is O=C(ON1C(=O)c2ccccc2C1=O)C1CC(=O)N(c2ccccc2F)C1. The predicted octanol–water partition coefficient (Wildman–Crippen LogP) is 1.93. The van der Waals surface area contributed by atoms with Crippen LogP contribution in [0.4, 0.5) is 10.1 Å². The molecular formula is C19H13FN2O5. The van der Waals surface area contributed by atoms with E-state index in [0.29, 0.717) is 5.06 Å². The van der Waals surface area contributed by atoms with Crippen molar-refractivity contribution in [1.29, 1.82) is 0 Å². The molecule has 0 spiro atoms. The van der Waals surface area contributed by atoms with Crippen molar-refractivity contribution >= 4 is 29.4 Å². The number of rotatable bonds is 3. The number of carbonyl (C=O) groups excluding carboxylic acids is 4. The first-order chi connectivity index (χ1) is 13.0. The van der Waals surface area contributed by atoms with Crippen LogP contribution in [0.15, 0.2) is 48.5 Å². The minimum absolute atomic E-state index is 0.0681. The van der Waals surface area contributed by atoms with Gasteiger partial charge in [-0.15, -0.1) is 0 Å². The second-order valence-corrected chi connectivity index (χ2v) is 6.22. The lowest BCUT2D eigenvalue weighted by Gasteiger charge is -2.18. The molecule has 0 bridgehead atoms. The van der Waals surface area contributed by atoms with Gasteiger partial charge in [0, 0.05) is 13.0 Å². The van der Waals surface area contributed by atoms with Crippen LogP contribution in [0.2, 0.25) is 0 Å². The van der Waals surface area contributed by atoms with Crippen LogP contribution >= 0.6 is 0 Å². The first-order valence-electron chi connectivity index (χ1n) is 8.22. The number of anilines is 1. The van der Waals surface area contributed by atoms with Crippen LogP contribution in [-0.2, 0) is 14.4 Å². The van der Waals surface area contributed by atoms with E-state index in [0.717, 1.165) is 4.90 Å². The Morgan fingerprint density at radius 2 is 1.56 bits per heavy atom. The maximum atomic E-state index is 13.9. The van der Waals surface area contributed by atoms with E-state index >= 15 is 0 Å². The minimum Gasteiger partial charge on any atom is -0.329 e. The molecule has 0 aliphatic carbocycles. The summed E-state index contributed by atoms with van der Waals surface area (Å²) in [6.07, 6.45) is -0.198. The molecule has 1 fully saturated rings. The van der Waals surface area contributed by atoms with Gasteiger partial charge in [0.25, 0.3) is 11.8 Å². The number of nitrogens with zero attached hydrogens (tertiary/aromatic N) is 2. The summed E-state index contributed by atoms with van der Waals surface area (Å²) in [5.74, 6) is -4.30. The predicted molar refractivity (Wildman–Crippen MR) is 89.9 cm³/mol. The number of halogens is 1. The van der Waals surface area contributed by atoms with Gasteiger partial charge >= 0.3 is 5.97 Å². The van der Waals surface area contributed by atoms with Crippen molar-refractivity contribution in [3.63, 3.8) is 0 Å². The molecule has 3 amide bonds. The average molecular weight is 368 g/mol. The normalized spacial score (nSPS) is 18.9.